The van der Waals surface area contributed by atoms with E-state index in [1.54, 1.807) is 0 Å². The largest absolute Gasteiger partial charge is 0.287 e. The second-order valence-corrected chi connectivity index (χ2v) is 17.1. The van der Waals surface area contributed by atoms with Crippen LogP contribution in [0.3, 0.4) is 0 Å². The van der Waals surface area contributed by atoms with Crippen LogP contribution in [-0.2, 0) is 4.79 Å². The average Bonchev–Trinajstić information content (AvgIpc) is 3.00. The second kappa shape index (κ2) is 36.3. The Morgan fingerprint density at radius 3 is 0.652 bits per heavy atom. The summed E-state index contributed by atoms with van der Waals surface area (Å²) >= 11 is 4.54. The molecule has 0 rings (SSSR count). The number of hydrogen-bond donors (Lipinski definition) is 1. The van der Waals surface area contributed by atoms with Gasteiger partial charge in [-0.2, -0.15) is 0 Å². The molecule has 0 unspecified atom stereocenters. The molecule has 0 N–H and O–H groups in total. The molecule has 278 valence electrons. The molecule has 0 fully saturated rings. The predicted octanol–water partition coefficient (Wildman–Crippen LogP) is 16.8. The van der Waals surface area contributed by atoms with Crippen LogP contribution in [0.1, 0.15) is 267 Å². The van der Waals surface area contributed by atoms with E-state index in [9.17, 15) is 4.79 Å². The zero-order chi connectivity index (χ0) is 34.6. The summed E-state index contributed by atoms with van der Waals surface area (Å²) < 4.78 is 0. The van der Waals surface area contributed by atoms with Crippen molar-refractivity contribution < 1.29 is 4.79 Å². The van der Waals surface area contributed by atoms with Crippen LogP contribution in [0, 0.1) is 10.8 Å². The van der Waals surface area contributed by atoms with Gasteiger partial charge < -0.3 is 0 Å². The molecule has 0 saturated carbocycles. The Morgan fingerprint density at radius 2 is 0.500 bits per heavy atom. The van der Waals surface area contributed by atoms with Gasteiger partial charge >= 0.3 is 0 Å². The van der Waals surface area contributed by atoms with Crippen LogP contribution in [0.5, 0.6) is 0 Å². The molecule has 0 atom stereocenters. The topological polar surface area (TPSA) is 17.1 Å². The van der Waals surface area contributed by atoms with Crippen molar-refractivity contribution in [1.29, 1.82) is 0 Å². The predicted molar refractivity (Wildman–Crippen MR) is 216 cm³/mol. The van der Waals surface area contributed by atoms with E-state index >= 15 is 0 Å². The van der Waals surface area contributed by atoms with Crippen molar-refractivity contribution in [3.05, 3.63) is 0 Å². The van der Waals surface area contributed by atoms with E-state index in [4.69, 9.17) is 0 Å². The molecule has 0 aromatic heterocycles. The molecule has 0 spiro atoms. The van der Waals surface area contributed by atoms with Crippen molar-refractivity contribution >= 4 is 17.7 Å². The summed E-state index contributed by atoms with van der Waals surface area (Å²) in [5.74, 6) is 0. The molecule has 0 saturated heterocycles. The SMILES string of the molecule is CC(C)(C)C.CCCCCCCCCCCCCC(CCCCCCCCCCCC)(CCCCCCCCCCCC)C(=O)S. The molecule has 0 heterocycles. The van der Waals surface area contributed by atoms with Crippen LogP contribution in [0.15, 0.2) is 0 Å². The van der Waals surface area contributed by atoms with Gasteiger partial charge in [-0.1, -0.05) is 248 Å². The van der Waals surface area contributed by atoms with E-state index in [-0.39, 0.29) is 10.5 Å². The first-order valence-corrected chi connectivity index (χ1v) is 21.8. The quantitative estimate of drug-likeness (QED) is 0.0526. The van der Waals surface area contributed by atoms with Gasteiger partial charge in [0.2, 0.25) is 0 Å². The van der Waals surface area contributed by atoms with Gasteiger partial charge in [-0.15, -0.1) is 12.6 Å². The maximum Gasteiger partial charge on any atom is 0.192 e. The van der Waals surface area contributed by atoms with Crippen LogP contribution in [-0.4, -0.2) is 5.12 Å². The van der Waals surface area contributed by atoms with Crippen molar-refractivity contribution in [2.24, 2.45) is 10.8 Å². The zero-order valence-corrected chi connectivity index (χ0v) is 34.3. The number of carbonyl (C=O) groups excluding carboxylic acids is 1. The lowest BCUT2D eigenvalue weighted by atomic mass is 9.75. The summed E-state index contributed by atoms with van der Waals surface area (Å²) in [4.78, 5) is 13.0. The Kier molecular flexibility index (Phi) is 38.0. The van der Waals surface area contributed by atoms with Crippen molar-refractivity contribution in [2.75, 3.05) is 0 Å². The van der Waals surface area contributed by atoms with E-state index in [0.29, 0.717) is 5.41 Å². The molecule has 1 nitrogen and oxygen atoms in total. The highest BCUT2D eigenvalue weighted by atomic mass is 32.1. The fourth-order valence-corrected chi connectivity index (χ4v) is 7.06. The number of rotatable bonds is 35. The third kappa shape index (κ3) is 38.5. The van der Waals surface area contributed by atoms with Crippen molar-refractivity contribution in [3.8, 4) is 0 Å². The summed E-state index contributed by atoms with van der Waals surface area (Å²) in [6, 6.07) is 0. The van der Waals surface area contributed by atoms with Crippen LogP contribution < -0.4 is 0 Å². The van der Waals surface area contributed by atoms with E-state index in [0.717, 1.165) is 19.3 Å². The number of thiol groups is 1. The Hall–Kier alpha value is 0.0200. The summed E-state index contributed by atoms with van der Waals surface area (Å²) in [6.45, 7) is 15.6. The molecule has 0 amide bonds. The molecule has 0 aliphatic heterocycles. The molecule has 0 aromatic rings. The average molecular weight is 667 g/mol. The Bertz CT molecular complexity index is 561. The van der Waals surface area contributed by atoms with E-state index in [2.05, 4.69) is 61.1 Å². The highest BCUT2D eigenvalue weighted by Crippen LogP contribution is 2.39. The first-order chi connectivity index (χ1) is 22.1. The van der Waals surface area contributed by atoms with E-state index in [1.165, 1.54) is 199 Å². The van der Waals surface area contributed by atoms with Crippen LogP contribution >= 0.6 is 12.6 Å². The molecular formula is C44H90OS. The Labute approximate surface area is 299 Å². The smallest absolute Gasteiger partial charge is 0.192 e. The van der Waals surface area contributed by atoms with Crippen molar-refractivity contribution in [1.82, 2.24) is 0 Å². The molecule has 0 aliphatic carbocycles. The van der Waals surface area contributed by atoms with Crippen LogP contribution in [0.2, 0.25) is 0 Å². The van der Waals surface area contributed by atoms with Gasteiger partial charge in [-0.3, -0.25) is 4.79 Å². The number of hydrogen-bond acceptors (Lipinski definition) is 1. The first-order valence-electron chi connectivity index (χ1n) is 21.4. The normalized spacial score (nSPS) is 11.9. The van der Waals surface area contributed by atoms with Crippen LogP contribution in [0.4, 0.5) is 0 Å². The molecule has 46 heavy (non-hydrogen) atoms. The van der Waals surface area contributed by atoms with Gasteiger partial charge in [0.25, 0.3) is 0 Å². The molecular weight excluding hydrogens is 577 g/mol. The van der Waals surface area contributed by atoms with Crippen molar-refractivity contribution in [2.45, 2.75) is 267 Å². The van der Waals surface area contributed by atoms with E-state index in [1.807, 2.05) is 0 Å². The minimum absolute atomic E-state index is 0.150. The fraction of sp³-hybridized carbons (Fsp3) is 0.977. The third-order valence-electron chi connectivity index (χ3n) is 9.73. The summed E-state index contributed by atoms with van der Waals surface area (Å²) in [7, 11) is 0. The second-order valence-electron chi connectivity index (χ2n) is 16.7. The number of carbonyl (C=O) groups is 1. The lowest BCUT2D eigenvalue weighted by Crippen LogP contribution is -2.28. The van der Waals surface area contributed by atoms with Gasteiger partial charge in [0.1, 0.15) is 0 Å². The highest BCUT2D eigenvalue weighted by molar-refractivity contribution is 7.96. The minimum atomic E-state index is -0.150. The number of unbranched alkanes of at least 4 members (excludes halogenated alkanes) is 28. The van der Waals surface area contributed by atoms with Crippen LogP contribution in [0.25, 0.3) is 0 Å². The molecule has 2 heteroatoms. The minimum Gasteiger partial charge on any atom is -0.287 e. The summed E-state index contributed by atoms with van der Waals surface area (Å²) in [5, 5.41) is 0.205. The van der Waals surface area contributed by atoms with E-state index < -0.39 is 0 Å². The van der Waals surface area contributed by atoms with Crippen molar-refractivity contribution in [3.63, 3.8) is 0 Å². The molecule has 0 radical (unpaired) electrons. The summed E-state index contributed by atoms with van der Waals surface area (Å²) in [6.07, 6.45) is 45.6. The van der Waals surface area contributed by atoms with Gasteiger partial charge in [0.05, 0.1) is 0 Å². The lowest BCUT2D eigenvalue weighted by molar-refractivity contribution is -0.121. The maximum absolute atomic E-state index is 13.0. The molecule has 0 aromatic carbocycles. The lowest BCUT2D eigenvalue weighted by Gasteiger charge is -2.31. The summed E-state index contributed by atoms with van der Waals surface area (Å²) in [5.41, 5.74) is 0.350. The fourth-order valence-electron chi connectivity index (χ4n) is 6.73. The van der Waals surface area contributed by atoms with Gasteiger partial charge in [0.15, 0.2) is 5.12 Å². The Morgan fingerprint density at radius 1 is 0.348 bits per heavy atom. The monoisotopic (exact) mass is 667 g/mol. The van der Waals surface area contributed by atoms with Gasteiger partial charge in [-0.05, 0) is 24.7 Å². The molecule has 0 bridgehead atoms. The third-order valence-corrected chi connectivity index (χ3v) is 10.2. The maximum atomic E-state index is 13.0. The van der Waals surface area contributed by atoms with Gasteiger partial charge in [0, 0.05) is 5.41 Å². The zero-order valence-electron chi connectivity index (χ0n) is 33.4. The first kappa shape index (κ1) is 48.1. The molecule has 0 aliphatic rings. The standard InChI is InChI=1S/C39H78OS.C5H12/c1-4-7-10-13-16-19-22-25-28-31-34-37-39(38(40)41,35-32-29-26-23-20-17-14-11-8-5-2)36-33-30-27-24-21-18-15-12-9-6-3;1-5(2,3)4/h4-37H2,1-3H3,(H,40,41);1-4H3. The Balaban J connectivity index is 0. The highest BCUT2D eigenvalue weighted by Gasteiger charge is 2.34. The van der Waals surface area contributed by atoms with Gasteiger partial charge in [-0.25, -0.2) is 0 Å².